The predicted octanol–water partition coefficient (Wildman–Crippen LogP) is 3.97. The summed E-state index contributed by atoms with van der Waals surface area (Å²) in [6, 6.07) is 10.5. The van der Waals surface area contributed by atoms with Crippen LogP contribution in [0.4, 0.5) is 0 Å². The van der Waals surface area contributed by atoms with Gasteiger partial charge in [0.1, 0.15) is 23.9 Å². The molecule has 0 unspecified atom stereocenters. The standard InChI is InChI=1S/C17H23NO2/c1-12(2)18-10-15-8-9-16(20-15)11-19-17-7-5-6-13(3)14(17)4/h5-9,12,18H,10-11H2,1-4H3. The second-order valence-corrected chi connectivity index (χ2v) is 5.39. The molecule has 3 heteroatoms. The first kappa shape index (κ1) is 14.7. The van der Waals surface area contributed by atoms with Gasteiger partial charge >= 0.3 is 0 Å². The highest BCUT2D eigenvalue weighted by molar-refractivity contribution is 5.38. The molecule has 0 aliphatic carbocycles. The summed E-state index contributed by atoms with van der Waals surface area (Å²) in [5.41, 5.74) is 2.42. The Morgan fingerprint density at radius 3 is 2.60 bits per heavy atom. The summed E-state index contributed by atoms with van der Waals surface area (Å²) < 4.78 is 11.6. The smallest absolute Gasteiger partial charge is 0.146 e. The molecule has 20 heavy (non-hydrogen) atoms. The second kappa shape index (κ2) is 6.62. The maximum Gasteiger partial charge on any atom is 0.146 e. The van der Waals surface area contributed by atoms with Crippen LogP contribution < -0.4 is 10.1 Å². The van der Waals surface area contributed by atoms with Crippen LogP contribution in [0.5, 0.6) is 5.75 Å². The van der Waals surface area contributed by atoms with Gasteiger partial charge in [0.25, 0.3) is 0 Å². The van der Waals surface area contributed by atoms with Crippen molar-refractivity contribution in [3.05, 3.63) is 53.0 Å². The molecule has 0 atom stereocenters. The molecule has 1 aromatic carbocycles. The lowest BCUT2D eigenvalue weighted by Crippen LogP contribution is -2.21. The lowest BCUT2D eigenvalue weighted by atomic mass is 10.1. The Balaban J connectivity index is 1.92. The zero-order valence-electron chi connectivity index (χ0n) is 12.7. The zero-order valence-corrected chi connectivity index (χ0v) is 12.7. The summed E-state index contributed by atoms with van der Waals surface area (Å²) in [7, 11) is 0. The van der Waals surface area contributed by atoms with Crippen LogP contribution in [-0.4, -0.2) is 6.04 Å². The molecule has 1 heterocycles. The van der Waals surface area contributed by atoms with Crippen molar-refractivity contribution < 1.29 is 9.15 Å². The number of benzene rings is 1. The third-order valence-corrected chi connectivity index (χ3v) is 3.33. The van der Waals surface area contributed by atoms with Gasteiger partial charge in [0.2, 0.25) is 0 Å². The molecule has 108 valence electrons. The molecule has 1 aromatic heterocycles. The van der Waals surface area contributed by atoms with Gasteiger partial charge < -0.3 is 14.5 Å². The zero-order chi connectivity index (χ0) is 14.5. The highest BCUT2D eigenvalue weighted by Gasteiger charge is 2.06. The molecule has 0 fully saturated rings. The minimum atomic E-state index is 0.453. The third kappa shape index (κ3) is 3.87. The summed E-state index contributed by atoms with van der Waals surface area (Å²) in [5.74, 6) is 2.72. The number of rotatable bonds is 6. The summed E-state index contributed by atoms with van der Waals surface area (Å²) in [6.45, 7) is 9.61. The predicted molar refractivity (Wildman–Crippen MR) is 80.9 cm³/mol. The number of hydrogen-bond donors (Lipinski definition) is 1. The van der Waals surface area contributed by atoms with Crippen molar-refractivity contribution in [1.29, 1.82) is 0 Å². The summed E-state index contributed by atoms with van der Waals surface area (Å²) >= 11 is 0. The van der Waals surface area contributed by atoms with E-state index in [4.69, 9.17) is 9.15 Å². The molecule has 0 aliphatic heterocycles. The van der Waals surface area contributed by atoms with Gasteiger partial charge in [0, 0.05) is 6.04 Å². The maximum atomic E-state index is 5.83. The SMILES string of the molecule is Cc1cccc(OCc2ccc(CNC(C)C)o2)c1C. The van der Waals surface area contributed by atoms with E-state index in [2.05, 4.69) is 39.1 Å². The van der Waals surface area contributed by atoms with Gasteiger partial charge in [-0.1, -0.05) is 26.0 Å². The van der Waals surface area contributed by atoms with Gasteiger partial charge in [-0.2, -0.15) is 0 Å². The van der Waals surface area contributed by atoms with E-state index in [1.807, 2.05) is 24.3 Å². The summed E-state index contributed by atoms with van der Waals surface area (Å²) in [6.07, 6.45) is 0. The van der Waals surface area contributed by atoms with E-state index in [1.54, 1.807) is 0 Å². The van der Waals surface area contributed by atoms with Gasteiger partial charge in [-0.25, -0.2) is 0 Å². The van der Waals surface area contributed by atoms with Crippen LogP contribution in [0.3, 0.4) is 0 Å². The van der Waals surface area contributed by atoms with Gasteiger partial charge in [-0.3, -0.25) is 0 Å². The van der Waals surface area contributed by atoms with Gasteiger partial charge in [-0.15, -0.1) is 0 Å². The van der Waals surface area contributed by atoms with Gasteiger partial charge in [-0.05, 0) is 43.2 Å². The first-order chi connectivity index (χ1) is 9.56. The van der Waals surface area contributed by atoms with E-state index >= 15 is 0 Å². The fourth-order valence-corrected chi connectivity index (χ4v) is 1.93. The van der Waals surface area contributed by atoms with E-state index in [9.17, 15) is 0 Å². The molecule has 0 radical (unpaired) electrons. The molecule has 0 spiro atoms. The minimum Gasteiger partial charge on any atom is -0.485 e. The van der Waals surface area contributed by atoms with Crippen LogP contribution in [0, 0.1) is 13.8 Å². The number of furan rings is 1. The van der Waals surface area contributed by atoms with Crippen molar-refractivity contribution >= 4 is 0 Å². The molecule has 0 bridgehead atoms. The minimum absolute atomic E-state index is 0.453. The molecule has 3 nitrogen and oxygen atoms in total. The molecule has 0 aliphatic rings. The van der Waals surface area contributed by atoms with Crippen LogP contribution in [0.1, 0.15) is 36.5 Å². The molecule has 2 rings (SSSR count). The topological polar surface area (TPSA) is 34.4 Å². The highest BCUT2D eigenvalue weighted by atomic mass is 16.5. The largest absolute Gasteiger partial charge is 0.485 e. The lowest BCUT2D eigenvalue weighted by molar-refractivity contribution is 0.263. The van der Waals surface area contributed by atoms with Crippen LogP contribution in [0.15, 0.2) is 34.7 Å². The van der Waals surface area contributed by atoms with Crippen molar-refractivity contribution in [2.45, 2.75) is 46.9 Å². The van der Waals surface area contributed by atoms with Crippen molar-refractivity contribution in [2.24, 2.45) is 0 Å². The monoisotopic (exact) mass is 273 g/mol. The van der Waals surface area contributed by atoms with Crippen molar-refractivity contribution in [3.63, 3.8) is 0 Å². The second-order valence-electron chi connectivity index (χ2n) is 5.39. The van der Waals surface area contributed by atoms with E-state index < -0.39 is 0 Å². The molecular weight excluding hydrogens is 250 g/mol. The Kier molecular flexibility index (Phi) is 4.85. The molecule has 0 saturated carbocycles. The first-order valence-electron chi connectivity index (χ1n) is 7.06. The average molecular weight is 273 g/mol. The molecule has 1 N–H and O–H groups in total. The van der Waals surface area contributed by atoms with Crippen molar-refractivity contribution in [1.82, 2.24) is 5.32 Å². The first-order valence-corrected chi connectivity index (χ1v) is 7.06. The quantitative estimate of drug-likeness (QED) is 0.864. The lowest BCUT2D eigenvalue weighted by Gasteiger charge is -2.09. The van der Waals surface area contributed by atoms with Crippen LogP contribution in [-0.2, 0) is 13.2 Å². The molecule has 0 amide bonds. The van der Waals surface area contributed by atoms with Crippen molar-refractivity contribution in [3.8, 4) is 5.75 Å². The van der Waals surface area contributed by atoms with Crippen LogP contribution in [0.2, 0.25) is 0 Å². The number of aryl methyl sites for hydroxylation is 1. The summed E-state index contributed by atoms with van der Waals surface area (Å²) in [4.78, 5) is 0. The Bertz CT molecular complexity index is 558. The fraction of sp³-hybridized carbons (Fsp3) is 0.412. The number of nitrogens with one attached hydrogen (secondary N) is 1. The van der Waals surface area contributed by atoms with E-state index in [0.29, 0.717) is 12.6 Å². The Hall–Kier alpha value is -1.74. The number of ether oxygens (including phenoxy) is 1. The van der Waals surface area contributed by atoms with Crippen LogP contribution >= 0.6 is 0 Å². The third-order valence-electron chi connectivity index (χ3n) is 3.33. The number of hydrogen-bond acceptors (Lipinski definition) is 3. The molecule has 2 aromatic rings. The Labute approximate surface area is 121 Å². The van der Waals surface area contributed by atoms with Gasteiger partial charge in [0.15, 0.2) is 0 Å². The molecule has 0 saturated heterocycles. The van der Waals surface area contributed by atoms with Crippen molar-refractivity contribution in [2.75, 3.05) is 0 Å². The Morgan fingerprint density at radius 1 is 1.10 bits per heavy atom. The molecular formula is C17H23NO2. The van der Waals surface area contributed by atoms with E-state index in [0.717, 1.165) is 23.8 Å². The summed E-state index contributed by atoms with van der Waals surface area (Å²) in [5, 5.41) is 3.33. The highest BCUT2D eigenvalue weighted by Crippen LogP contribution is 2.22. The fourth-order valence-electron chi connectivity index (χ4n) is 1.93. The van der Waals surface area contributed by atoms with E-state index in [1.165, 1.54) is 11.1 Å². The normalized spacial score (nSPS) is 11.1. The Morgan fingerprint density at radius 2 is 1.85 bits per heavy atom. The van der Waals surface area contributed by atoms with E-state index in [-0.39, 0.29) is 0 Å². The average Bonchev–Trinajstić information content (AvgIpc) is 2.86. The van der Waals surface area contributed by atoms with Gasteiger partial charge in [0.05, 0.1) is 6.54 Å². The maximum absolute atomic E-state index is 5.83. The van der Waals surface area contributed by atoms with Crippen LogP contribution in [0.25, 0.3) is 0 Å².